The Balaban J connectivity index is 3.08. The molecule has 0 aliphatic rings. The molecule has 0 aliphatic carbocycles. The van der Waals surface area contributed by atoms with E-state index in [1.165, 1.54) is 135 Å². The van der Waals surface area contributed by atoms with Crippen LogP contribution in [0.15, 0.2) is 12.2 Å². The summed E-state index contributed by atoms with van der Waals surface area (Å²) in [5.41, 5.74) is 0. The quantitative estimate of drug-likeness (QED) is 0.117. The number of rotatable bonds is 25. The molecule has 1 N–H and O–H groups in total. The second-order valence-corrected chi connectivity index (χ2v) is 9.26. The van der Waals surface area contributed by atoms with E-state index in [0.717, 1.165) is 12.8 Å². The molecule has 0 spiro atoms. The van der Waals surface area contributed by atoms with Crippen molar-refractivity contribution in [3.05, 3.63) is 12.2 Å². The third kappa shape index (κ3) is 27.2. The molecule has 0 aliphatic heterocycles. The van der Waals surface area contributed by atoms with Crippen LogP contribution in [-0.2, 0) is 4.79 Å². The minimum Gasteiger partial charge on any atom is -0.481 e. The van der Waals surface area contributed by atoms with Crippen molar-refractivity contribution in [2.45, 2.75) is 161 Å². The van der Waals surface area contributed by atoms with Crippen LogP contribution >= 0.6 is 0 Å². The first-order chi connectivity index (χ1) is 14.8. The maximum Gasteiger partial charge on any atom is 0.303 e. The topological polar surface area (TPSA) is 37.3 Å². The molecule has 0 fully saturated rings. The number of carboxylic acid groups (broad SMARTS) is 1. The number of unbranched alkanes of at least 4 members (excludes halogenated alkanes) is 21. The van der Waals surface area contributed by atoms with Gasteiger partial charge in [0.25, 0.3) is 0 Å². The van der Waals surface area contributed by atoms with E-state index in [-0.39, 0.29) is 0 Å². The Morgan fingerprint density at radius 1 is 0.500 bits per heavy atom. The van der Waals surface area contributed by atoms with Crippen molar-refractivity contribution in [3.63, 3.8) is 0 Å². The molecule has 0 radical (unpaired) electrons. The van der Waals surface area contributed by atoms with Crippen LogP contribution in [0.5, 0.6) is 0 Å². The largest absolute Gasteiger partial charge is 0.481 e. The molecule has 0 unspecified atom stereocenters. The number of allylic oxidation sites excluding steroid dienone is 2. The summed E-state index contributed by atoms with van der Waals surface area (Å²) < 4.78 is 0. The van der Waals surface area contributed by atoms with Crippen molar-refractivity contribution in [1.82, 2.24) is 0 Å². The van der Waals surface area contributed by atoms with Gasteiger partial charge in [0.1, 0.15) is 0 Å². The van der Waals surface area contributed by atoms with Crippen LogP contribution in [0, 0.1) is 0 Å². The molecule has 0 aromatic heterocycles. The average molecular weight is 423 g/mol. The molecule has 0 rings (SSSR count). The van der Waals surface area contributed by atoms with Gasteiger partial charge >= 0.3 is 5.97 Å². The molecule has 2 heteroatoms. The summed E-state index contributed by atoms with van der Waals surface area (Å²) in [6.45, 7) is 2.29. The van der Waals surface area contributed by atoms with Crippen molar-refractivity contribution in [2.24, 2.45) is 0 Å². The first-order valence-electron chi connectivity index (χ1n) is 13.6. The van der Waals surface area contributed by atoms with E-state index in [2.05, 4.69) is 19.1 Å². The van der Waals surface area contributed by atoms with Gasteiger partial charge in [-0.3, -0.25) is 4.79 Å². The van der Waals surface area contributed by atoms with Crippen molar-refractivity contribution >= 4 is 5.97 Å². The van der Waals surface area contributed by atoms with Gasteiger partial charge in [-0.15, -0.1) is 0 Å². The molecule has 0 amide bonds. The van der Waals surface area contributed by atoms with Crippen LogP contribution < -0.4 is 0 Å². The third-order valence-electron chi connectivity index (χ3n) is 6.15. The Hall–Kier alpha value is -0.790. The Morgan fingerprint density at radius 3 is 1.13 bits per heavy atom. The van der Waals surface area contributed by atoms with E-state index >= 15 is 0 Å². The third-order valence-corrected chi connectivity index (χ3v) is 6.15. The molecule has 2 nitrogen and oxygen atoms in total. The summed E-state index contributed by atoms with van der Waals surface area (Å²) in [6.07, 6.45) is 36.0. The average Bonchev–Trinajstić information content (AvgIpc) is 2.73. The van der Waals surface area contributed by atoms with Crippen molar-refractivity contribution in [1.29, 1.82) is 0 Å². The molecule has 0 aromatic rings. The molecule has 0 saturated carbocycles. The Bertz CT molecular complexity index is 362. The number of carbonyl (C=O) groups is 1. The van der Waals surface area contributed by atoms with Crippen LogP contribution in [0.1, 0.15) is 161 Å². The lowest BCUT2D eigenvalue weighted by molar-refractivity contribution is -0.137. The molecule has 0 atom stereocenters. The zero-order chi connectivity index (χ0) is 22.0. The molecule has 0 bridgehead atoms. The van der Waals surface area contributed by atoms with E-state index in [1.807, 2.05) is 0 Å². The zero-order valence-electron chi connectivity index (χ0n) is 20.5. The predicted octanol–water partition coefficient (Wildman–Crippen LogP) is 10.0. The molecule has 178 valence electrons. The molecule has 0 heterocycles. The minimum absolute atomic E-state index is 0.339. The first-order valence-corrected chi connectivity index (χ1v) is 13.6. The summed E-state index contributed by atoms with van der Waals surface area (Å²) in [5.74, 6) is -0.655. The highest BCUT2D eigenvalue weighted by molar-refractivity contribution is 5.66. The Morgan fingerprint density at radius 2 is 0.800 bits per heavy atom. The highest BCUT2D eigenvalue weighted by Gasteiger charge is 1.97. The highest BCUT2D eigenvalue weighted by atomic mass is 16.4. The first kappa shape index (κ1) is 29.2. The fraction of sp³-hybridized carbons (Fsp3) is 0.893. The fourth-order valence-electron chi connectivity index (χ4n) is 4.11. The van der Waals surface area contributed by atoms with Gasteiger partial charge in [0.2, 0.25) is 0 Å². The summed E-state index contributed by atoms with van der Waals surface area (Å²) in [4.78, 5) is 10.4. The van der Waals surface area contributed by atoms with Crippen molar-refractivity contribution in [2.75, 3.05) is 0 Å². The monoisotopic (exact) mass is 422 g/mol. The summed E-state index contributed by atoms with van der Waals surface area (Å²) in [7, 11) is 0. The lowest BCUT2D eigenvalue weighted by atomic mass is 10.0. The van der Waals surface area contributed by atoms with Gasteiger partial charge in [-0.25, -0.2) is 0 Å². The molecule has 0 aromatic carbocycles. The fourth-order valence-corrected chi connectivity index (χ4v) is 4.11. The second kappa shape index (κ2) is 26.2. The summed E-state index contributed by atoms with van der Waals surface area (Å²) in [6, 6.07) is 0. The van der Waals surface area contributed by atoms with E-state index in [9.17, 15) is 4.79 Å². The molecule has 30 heavy (non-hydrogen) atoms. The Labute approximate surface area is 189 Å². The lowest BCUT2D eigenvalue weighted by Gasteiger charge is -2.02. The number of aliphatic carboxylic acids is 1. The van der Waals surface area contributed by atoms with Gasteiger partial charge in [0, 0.05) is 6.42 Å². The second-order valence-electron chi connectivity index (χ2n) is 9.26. The smallest absolute Gasteiger partial charge is 0.303 e. The molecular formula is C28H54O2. The van der Waals surface area contributed by atoms with E-state index in [0.29, 0.717) is 6.42 Å². The SMILES string of the molecule is CCCCCCCCCCCCCCCC=CCCCCCCCCCCC(=O)O. The Kier molecular flexibility index (Phi) is 25.6. The normalized spacial score (nSPS) is 11.5. The van der Waals surface area contributed by atoms with Crippen LogP contribution in [0.4, 0.5) is 0 Å². The van der Waals surface area contributed by atoms with Crippen LogP contribution in [0.3, 0.4) is 0 Å². The highest BCUT2D eigenvalue weighted by Crippen LogP contribution is 2.14. The van der Waals surface area contributed by atoms with Gasteiger partial charge in [0.15, 0.2) is 0 Å². The maximum atomic E-state index is 10.4. The summed E-state index contributed by atoms with van der Waals surface area (Å²) in [5, 5.41) is 8.59. The van der Waals surface area contributed by atoms with Gasteiger partial charge in [-0.05, 0) is 32.1 Å². The van der Waals surface area contributed by atoms with Crippen molar-refractivity contribution < 1.29 is 9.90 Å². The van der Waals surface area contributed by atoms with Crippen LogP contribution in [0.25, 0.3) is 0 Å². The number of carboxylic acids is 1. The van der Waals surface area contributed by atoms with Crippen LogP contribution in [0.2, 0.25) is 0 Å². The van der Waals surface area contributed by atoms with E-state index < -0.39 is 5.97 Å². The van der Waals surface area contributed by atoms with E-state index in [1.54, 1.807) is 0 Å². The molecular weight excluding hydrogens is 368 g/mol. The van der Waals surface area contributed by atoms with Gasteiger partial charge in [-0.1, -0.05) is 135 Å². The zero-order valence-corrected chi connectivity index (χ0v) is 20.5. The summed E-state index contributed by atoms with van der Waals surface area (Å²) >= 11 is 0. The van der Waals surface area contributed by atoms with E-state index in [4.69, 9.17) is 5.11 Å². The van der Waals surface area contributed by atoms with Crippen molar-refractivity contribution in [3.8, 4) is 0 Å². The van der Waals surface area contributed by atoms with Gasteiger partial charge in [-0.2, -0.15) is 0 Å². The molecule has 0 saturated heterocycles. The standard InChI is InChI=1S/C28H54O2/c1-2-3-4-5-6-7-8-9-10-11-12-13-14-15-16-17-18-19-20-21-22-23-24-25-26-27-28(29)30/h16-17H,2-15,18-27H2,1H3,(H,29,30). The number of hydrogen-bond donors (Lipinski definition) is 1. The van der Waals surface area contributed by atoms with Crippen LogP contribution in [-0.4, -0.2) is 11.1 Å². The predicted molar refractivity (Wildman–Crippen MR) is 133 cm³/mol. The van der Waals surface area contributed by atoms with Gasteiger partial charge in [0.05, 0.1) is 0 Å². The van der Waals surface area contributed by atoms with Gasteiger partial charge < -0.3 is 5.11 Å². The number of hydrogen-bond acceptors (Lipinski definition) is 1. The maximum absolute atomic E-state index is 10.4. The minimum atomic E-state index is -0.655. The lowest BCUT2D eigenvalue weighted by Crippen LogP contribution is -1.93.